The van der Waals surface area contributed by atoms with Gasteiger partial charge >= 0.3 is 0 Å². The Bertz CT molecular complexity index is 339. The normalized spacial score (nSPS) is 9.54. The summed E-state index contributed by atoms with van der Waals surface area (Å²) >= 11 is 1.29. The van der Waals surface area contributed by atoms with Gasteiger partial charge in [-0.2, -0.15) is 5.26 Å². The molecular weight excluding hydrogens is 186 g/mol. The van der Waals surface area contributed by atoms with E-state index in [0.29, 0.717) is 11.6 Å². The summed E-state index contributed by atoms with van der Waals surface area (Å²) in [5, 5.41) is 13.5. The van der Waals surface area contributed by atoms with Gasteiger partial charge in [0.05, 0.1) is 11.8 Å². The number of nitrogens with zero attached hydrogens (tertiary/aromatic N) is 2. The molecule has 0 spiro atoms. The molecule has 0 aliphatic carbocycles. The van der Waals surface area contributed by atoms with Crippen molar-refractivity contribution in [2.45, 2.75) is 13.0 Å². The highest BCUT2D eigenvalue weighted by atomic mass is 32.1. The van der Waals surface area contributed by atoms with Crippen molar-refractivity contribution < 1.29 is 4.79 Å². The molecule has 0 aromatic carbocycles. The van der Waals surface area contributed by atoms with E-state index in [9.17, 15) is 4.79 Å². The Labute approximate surface area is 80.2 Å². The van der Waals surface area contributed by atoms with Crippen LogP contribution in [0.5, 0.6) is 0 Å². The third-order valence-corrected chi connectivity index (χ3v) is 2.32. The largest absolute Gasteiger partial charge is 0.314 e. The molecule has 13 heavy (non-hydrogen) atoms. The number of hydrogen-bond donors (Lipinski definition) is 1. The average molecular weight is 195 g/mol. The van der Waals surface area contributed by atoms with E-state index in [2.05, 4.69) is 10.3 Å². The maximum absolute atomic E-state index is 11.2. The standard InChI is InChI=1S/C8H9N3OS/c1-10-4-6-5-13-8(11-6)7(12)2-3-9/h5,10H,2,4H2,1H3. The molecule has 5 heteroatoms. The van der Waals surface area contributed by atoms with Gasteiger partial charge < -0.3 is 5.32 Å². The zero-order valence-electron chi connectivity index (χ0n) is 7.20. The fourth-order valence-corrected chi connectivity index (χ4v) is 1.60. The Hall–Kier alpha value is -1.25. The smallest absolute Gasteiger partial charge is 0.205 e. The van der Waals surface area contributed by atoms with Crippen LogP contribution in [-0.4, -0.2) is 17.8 Å². The molecule has 0 radical (unpaired) electrons. The van der Waals surface area contributed by atoms with Crippen LogP contribution in [0, 0.1) is 11.3 Å². The zero-order valence-corrected chi connectivity index (χ0v) is 8.02. The second-order valence-corrected chi connectivity index (χ2v) is 3.29. The maximum atomic E-state index is 11.2. The van der Waals surface area contributed by atoms with Crippen molar-refractivity contribution in [2.24, 2.45) is 0 Å². The molecule has 4 nitrogen and oxygen atoms in total. The van der Waals surface area contributed by atoms with Crippen LogP contribution in [0.15, 0.2) is 5.38 Å². The van der Waals surface area contributed by atoms with Crippen LogP contribution in [0.3, 0.4) is 0 Å². The van der Waals surface area contributed by atoms with E-state index >= 15 is 0 Å². The molecule has 0 aliphatic rings. The number of rotatable bonds is 4. The summed E-state index contributed by atoms with van der Waals surface area (Å²) < 4.78 is 0. The van der Waals surface area contributed by atoms with E-state index < -0.39 is 0 Å². The molecule has 0 saturated carbocycles. The second-order valence-electron chi connectivity index (χ2n) is 2.43. The lowest BCUT2D eigenvalue weighted by Gasteiger charge is -1.90. The molecule has 0 bridgehead atoms. The summed E-state index contributed by atoms with van der Waals surface area (Å²) in [6.45, 7) is 0.649. The first-order chi connectivity index (χ1) is 6.27. The van der Waals surface area contributed by atoms with Crippen LogP contribution in [-0.2, 0) is 6.54 Å². The topological polar surface area (TPSA) is 65.8 Å². The Morgan fingerprint density at radius 2 is 2.62 bits per heavy atom. The van der Waals surface area contributed by atoms with Crippen molar-refractivity contribution in [3.63, 3.8) is 0 Å². The first-order valence-electron chi connectivity index (χ1n) is 3.77. The van der Waals surface area contributed by atoms with Gasteiger partial charge in [-0.25, -0.2) is 4.98 Å². The molecule has 1 aromatic rings. The predicted molar refractivity (Wildman–Crippen MR) is 49.4 cm³/mol. The predicted octanol–water partition coefficient (Wildman–Crippen LogP) is 0.959. The molecule has 0 amide bonds. The van der Waals surface area contributed by atoms with Crippen molar-refractivity contribution in [3.8, 4) is 6.07 Å². The Morgan fingerprint density at radius 1 is 1.85 bits per heavy atom. The molecule has 1 aromatic heterocycles. The van der Waals surface area contributed by atoms with E-state index in [1.165, 1.54) is 11.3 Å². The van der Waals surface area contributed by atoms with E-state index in [4.69, 9.17) is 5.26 Å². The van der Waals surface area contributed by atoms with Crippen LogP contribution in [0.25, 0.3) is 0 Å². The summed E-state index contributed by atoms with van der Waals surface area (Å²) in [5.74, 6) is -0.199. The first-order valence-corrected chi connectivity index (χ1v) is 4.65. The highest BCUT2D eigenvalue weighted by molar-refractivity contribution is 7.11. The fourth-order valence-electron chi connectivity index (χ4n) is 0.845. The Morgan fingerprint density at radius 3 is 3.23 bits per heavy atom. The Balaban J connectivity index is 2.69. The maximum Gasteiger partial charge on any atom is 0.205 e. The van der Waals surface area contributed by atoms with Crippen LogP contribution in [0.4, 0.5) is 0 Å². The minimum absolute atomic E-state index is 0.0908. The van der Waals surface area contributed by atoms with Gasteiger partial charge in [0.2, 0.25) is 5.78 Å². The SMILES string of the molecule is CNCc1csc(C(=O)CC#N)n1. The van der Waals surface area contributed by atoms with E-state index in [0.717, 1.165) is 5.69 Å². The van der Waals surface area contributed by atoms with Crippen LogP contribution in [0.2, 0.25) is 0 Å². The van der Waals surface area contributed by atoms with Gasteiger partial charge in [0, 0.05) is 11.9 Å². The van der Waals surface area contributed by atoms with Crippen LogP contribution >= 0.6 is 11.3 Å². The summed E-state index contributed by atoms with van der Waals surface area (Å²) in [6, 6.07) is 1.81. The summed E-state index contributed by atoms with van der Waals surface area (Å²) in [7, 11) is 1.82. The lowest BCUT2D eigenvalue weighted by molar-refractivity contribution is 0.0997. The fraction of sp³-hybridized carbons (Fsp3) is 0.375. The van der Waals surface area contributed by atoms with E-state index in [1.807, 2.05) is 18.5 Å². The summed E-state index contributed by atoms with van der Waals surface area (Å²) in [4.78, 5) is 15.2. The van der Waals surface area contributed by atoms with Gasteiger partial charge in [0.1, 0.15) is 6.42 Å². The van der Waals surface area contributed by atoms with Crippen LogP contribution < -0.4 is 5.32 Å². The molecular formula is C8H9N3OS. The lowest BCUT2D eigenvalue weighted by atomic mass is 10.3. The number of thiazole rings is 1. The average Bonchev–Trinajstić information content (AvgIpc) is 2.54. The number of Topliss-reactive ketones (excluding diaryl/α,β-unsaturated/α-hetero) is 1. The van der Waals surface area contributed by atoms with Crippen molar-refractivity contribution in [1.29, 1.82) is 5.26 Å². The summed E-state index contributed by atoms with van der Waals surface area (Å²) in [6.07, 6.45) is -0.0908. The molecule has 1 heterocycles. The second kappa shape index (κ2) is 4.70. The number of hydrogen-bond acceptors (Lipinski definition) is 5. The van der Waals surface area contributed by atoms with Crippen molar-refractivity contribution in [3.05, 3.63) is 16.1 Å². The van der Waals surface area contributed by atoms with Gasteiger partial charge in [-0.05, 0) is 7.05 Å². The number of nitrogens with one attached hydrogen (secondary N) is 1. The van der Waals surface area contributed by atoms with Gasteiger partial charge in [-0.15, -0.1) is 11.3 Å². The molecule has 0 unspecified atom stereocenters. The highest BCUT2D eigenvalue weighted by Gasteiger charge is 2.09. The molecule has 1 N–H and O–H groups in total. The van der Waals surface area contributed by atoms with Crippen LogP contribution in [0.1, 0.15) is 21.9 Å². The molecule has 1 rings (SSSR count). The minimum Gasteiger partial charge on any atom is -0.314 e. The molecule has 68 valence electrons. The van der Waals surface area contributed by atoms with Crippen molar-refractivity contribution in [1.82, 2.24) is 10.3 Å². The first kappa shape index (κ1) is 9.84. The van der Waals surface area contributed by atoms with Crippen molar-refractivity contribution in [2.75, 3.05) is 7.05 Å². The monoisotopic (exact) mass is 195 g/mol. The number of carbonyl (C=O) groups is 1. The number of nitriles is 1. The number of aromatic nitrogens is 1. The quantitative estimate of drug-likeness (QED) is 0.727. The van der Waals surface area contributed by atoms with Gasteiger partial charge in [-0.3, -0.25) is 4.79 Å². The molecule has 0 aliphatic heterocycles. The van der Waals surface area contributed by atoms with E-state index in [1.54, 1.807) is 0 Å². The number of carbonyl (C=O) groups excluding carboxylic acids is 1. The molecule has 0 fully saturated rings. The van der Waals surface area contributed by atoms with Gasteiger partial charge in [0.15, 0.2) is 5.01 Å². The third kappa shape index (κ3) is 2.61. The highest BCUT2D eigenvalue weighted by Crippen LogP contribution is 2.11. The Kier molecular flexibility index (Phi) is 3.55. The number of ketones is 1. The zero-order chi connectivity index (χ0) is 9.68. The van der Waals surface area contributed by atoms with Gasteiger partial charge in [0.25, 0.3) is 0 Å². The third-order valence-electron chi connectivity index (χ3n) is 1.39. The lowest BCUT2D eigenvalue weighted by Crippen LogP contribution is -2.06. The molecule has 0 atom stereocenters. The van der Waals surface area contributed by atoms with E-state index in [-0.39, 0.29) is 12.2 Å². The van der Waals surface area contributed by atoms with Gasteiger partial charge in [-0.1, -0.05) is 0 Å². The van der Waals surface area contributed by atoms with Crippen molar-refractivity contribution >= 4 is 17.1 Å². The summed E-state index contributed by atoms with van der Waals surface area (Å²) in [5.41, 5.74) is 0.841. The minimum atomic E-state index is -0.199. The molecule has 0 saturated heterocycles.